The van der Waals surface area contributed by atoms with Gasteiger partial charge in [0.05, 0.1) is 0 Å². The molecule has 16 heavy (non-hydrogen) atoms. The lowest BCUT2D eigenvalue weighted by atomic mass is 10.1. The van der Waals surface area contributed by atoms with E-state index >= 15 is 0 Å². The number of carboxylic acid groups (broad SMARTS) is 1. The fourth-order valence-corrected chi connectivity index (χ4v) is 1.59. The molecule has 0 fully saturated rings. The number of aliphatic carboxylic acids is 1. The summed E-state index contributed by atoms with van der Waals surface area (Å²) in [5.41, 5.74) is 2.14. The quantitative estimate of drug-likeness (QED) is 0.851. The monoisotopic (exact) mass is 215 g/mol. The van der Waals surface area contributed by atoms with Crippen molar-refractivity contribution in [3.8, 4) is 5.69 Å². The smallest absolute Gasteiger partial charge is 0.303 e. The van der Waals surface area contributed by atoms with E-state index in [2.05, 4.69) is 0 Å². The lowest BCUT2D eigenvalue weighted by Gasteiger charge is -2.04. The maximum Gasteiger partial charge on any atom is 0.303 e. The highest BCUT2D eigenvalue weighted by atomic mass is 16.4. The van der Waals surface area contributed by atoms with Crippen LogP contribution >= 0.6 is 0 Å². The van der Waals surface area contributed by atoms with Crippen molar-refractivity contribution in [1.29, 1.82) is 0 Å². The van der Waals surface area contributed by atoms with Gasteiger partial charge in [0.15, 0.2) is 0 Å². The van der Waals surface area contributed by atoms with Crippen molar-refractivity contribution in [2.24, 2.45) is 0 Å². The molecule has 2 aromatic rings. The fourth-order valence-electron chi connectivity index (χ4n) is 1.59. The molecular formula is C13H13NO2. The first kappa shape index (κ1) is 10.5. The number of hydrogen-bond donors (Lipinski definition) is 1. The van der Waals surface area contributed by atoms with E-state index in [1.54, 1.807) is 0 Å². The average Bonchev–Trinajstić information content (AvgIpc) is 2.80. The number of hydrogen-bond acceptors (Lipinski definition) is 1. The summed E-state index contributed by atoms with van der Waals surface area (Å²) in [5.74, 6) is -0.755. The summed E-state index contributed by atoms with van der Waals surface area (Å²) in [6.45, 7) is 0. The zero-order valence-corrected chi connectivity index (χ0v) is 8.84. The Labute approximate surface area is 94.0 Å². The molecule has 82 valence electrons. The largest absolute Gasteiger partial charge is 0.481 e. The van der Waals surface area contributed by atoms with Crippen molar-refractivity contribution < 1.29 is 9.90 Å². The van der Waals surface area contributed by atoms with Gasteiger partial charge in [0, 0.05) is 24.5 Å². The molecule has 0 spiro atoms. The zero-order valence-electron chi connectivity index (χ0n) is 8.84. The SMILES string of the molecule is O=C(O)CCc1ccc(-n2cccc2)cc1. The second-order valence-corrected chi connectivity index (χ2v) is 3.65. The van der Waals surface area contributed by atoms with Crippen molar-refractivity contribution in [1.82, 2.24) is 4.57 Å². The normalized spacial score (nSPS) is 10.2. The van der Waals surface area contributed by atoms with Crippen LogP contribution in [0, 0.1) is 0 Å². The Hall–Kier alpha value is -2.03. The van der Waals surface area contributed by atoms with Crippen LogP contribution in [0.2, 0.25) is 0 Å². The molecule has 3 nitrogen and oxygen atoms in total. The van der Waals surface area contributed by atoms with Crippen LogP contribution in [0.5, 0.6) is 0 Å². The lowest BCUT2D eigenvalue weighted by Crippen LogP contribution is -1.97. The first-order chi connectivity index (χ1) is 7.75. The first-order valence-electron chi connectivity index (χ1n) is 5.20. The van der Waals surface area contributed by atoms with Crippen LogP contribution in [0.1, 0.15) is 12.0 Å². The number of aromatic nitrogens is 1. The second kappa shape index (κ2) is 4.66. The molecule has 1 N–H and O–H groups in total. The van der Waals surface area contributed by atoms with Gasteiger partial charge in [-0.05, 0) is 36.2 Å². The molecule has 0 bridgehead atoms. The van der Waals surface area contributed by atoms with Crippen LogP contribution in [0.3, 0.4) is 0 Å². The third kappa shape index (κ3) is 2.51. The van der Waals surface area contributed by atoms with Crippen LogP contribution in [0.4, 0.5) is 0 Å². The van der Waals surface area contributed by atoms with E-state index in [4.69, 9.17) is 5.11 Å². The van der Waals surface area contributed by atoms with Crippen molar-refractivity contribution in [3.05, 3.63) is 54.4 Å². The molecule has 0 aliphatic heterocycles. The van der Waals surface area contributed by atoms with Gasteiger partial charge in [-0.1, -0.05) is 12.1 Å². The Bertz CT molecular complexity index is 457. The molecular weight excluding hydrogens is 202 g/mol. The zero-order chi connectivity index (χ0) is 11.4. The predicted octanol–water partition coefficient (Wildman–Crippen LogP) is 2.49. The number of carbonyl (C=O) groups is 1. The Morgan fingerprint density at radius 3 is 2.31 bits per heavy atom. The summed E-state index contributed by atoms with van der Waals surface area (Å²) in [6.07, 6.45) is 4.72. The number of carboxylic acids is 1. The molecule has 2 rings (SSSR count). The van der Waals surface area contributed by atoms with Gasteiger partial charge in [-0.15, -0.1) is 0 Å². The van der Waals surface area contributed by atoms with Crippen molar-refractivity contribution in [2.45, 2.75) is 12.8 Å². The Morgan fingerprint density at radius 1 is 1.12 bits per heavy atom. The maximum atomic E-state index is 10.4. The van der Waals surface area contributed by atoms with Gasteiger partial charge < -0.3 is 9.67 Å². The van der Waals surface area contributed by atoms with Crippen LogP contribution in [0.15, 0.2) is 48.8 Å². The average molecular weight is 215 g/mol. The standard InChI is InChI=1S/C13H13NO2/c15-13(16)8-5-11-3-6-12(7-4-11)14-9-1-2-10-14/h1-4,6-7,9-10H,5,8H2,(H,15,16). The second-order valence-electron chi connectivity index (χ2n) is 3.65. The Kier molecular flexibility index (Phi) is 3.05. The van der Waals surface area contributed by atoms with Crippen molar-refractivity contribution >= 4 is 5.97 Å². The molecule has 1 heterocycles. The number of rotatable bonds is 4. The predicted molar refractivity (Wildman–Crippen MR) is 61.7 cm³/mol. The molecule has 1 aromatic carbocycles. The molecule has 0 atom stereocenters. The third-order valence-electron chi connectivity index (χ3n) is 2.47. The van der Waals surface area contributed by atoms with E-state index in [1.807, 2.05) is 53.4 Å². The molecule has 0 aliphatic carbocycles. The summed E-state index contributed by atoms with van der Waals surface area (Å²) < 4.78 is 2.01. The van der Waals surface area contributed by atoms with E-state index in [9.17, 15) is 4.79 Å². The minimum absolute atomic E-state index is 0.183. The van der Waals surface area contributed by atoms with Crippen LogP contribution in [-0.4, -0.2) is 15.6 Å². The summed E-state index contributed by atoms with van der Waals surface area (Å²) in [4.78, 5) is 10.4. The first-order valence-corrected chi connectivity index (χ1v) is 5.20. The molecule has 3 heteroatoms. The van der Waals surface area contributed by atoms with Crippen molar-refractivity contribution in [3.63, 3.8) is 0 Å². The van der Waals surface area contributed by atoms with Gasteiger partial charge in [0.2, 0.25) is 0 Å². The maximum absolute atomic E-state index is 10.4. The van der Waals surface area contributed by atoms with Crippen LogP contribution < -0.4 is 0 Å². The molecule has 0 unspecified atom stereocenters. The molecule has 0 aliphatic rings. The van der Waals surface area contributed by atoms with E-state index in [0.29, 0.717) is 6.42 Å². The van der Waals surface area contributed by atoms with Crippen molar-refractivity contribution in [2.75, 3.05) is 0 Å². The fraction of sp³-hybridized carbons (Fsp3) is 0.154. The van der Waals surface area contributed by atoms with Crippen LogP contribution in [0.25, 0.3) is 5.69 Å². The van der Waals surface area contributed by atoms with Gasteiger partial charge in [0.1, 0.15) is 0 Å². The van der Waals surface area contributed by atoms with Crippen LogP contribution in [-0.2, 0) is 11.2 Å². The highest BCUT2D eigenvalue weighted by Gasteiger charge is 1.99. The Balaban J connectivity index is 2.08. The van der Waals surface area contributed by atoms with Gasteiger partial charge >= 0.3 is 5.97 Å². The molecule has 0 amide bonds. The van der Waals surface area contributed by atoms with E-state index in [-0.39, 0.29) is 6.42 Å². The Morgan fingerprint density at radius 2 is 1.75 bits per heavy atom. The molecule has 1 aromatic heterocycles. The summed E-state index contributed by atoms with van der Waals surface area (Å²) in [6, 6.07) is 11.9. The number of aryl methyl sites for hydroxylation is 1. The highest BCUT2D eigenvalue weighted by molar-refractivity contribution is 5.67. The molecule has 0 saturated heterocycles. The van der Waals surface area contributed by atoms with Gasteiger partial charge in [0.25, 0.3) is 0 Å². The van der Waals surface area contributed by atoms with E-state index in [0.717, 1.165) is 11.3 Å². The lowest BCUT2D eigenvalue weighted by molar-refractivity contribution is -0.136. The highest BCUT2D eigenvalue weighted by Crippen LogP contribution is 2.11. The number of benzene rings is 1. The van der Waals surface area contributed by atoms with E-state index < -0.39 is 5.97 Å². The van der Waals surface area contributed by atoms with E-state index in [1.165, 1.54) is 0 Å². The van der Waals surface area contributed by atoms with Gasteiger partial charge in [-0.3, -0.25) is 4.79 Å². The van der Waals surface area contributed by atoms with Gasteiger partial charge in [-0.2, -0.15) is 0 Å². The summed E-state index contributed by atoms with van der Waals surface area (Å²) in [5, 5.41) is 8.58. The topological polar surface area (TPSA) is 42.2 Å². The summed E-state index contributed by atoms with van der Waals surface area (Å²) in [7, 11) is 0. The third-order valence-corrected chi connectivity index (χ3v) is 2.47. The number of nitrogens with zero attached hydrogens (tertiary/aromatic N) is 1. The molecule has 0 saturated carbocycles. The minimum Gasteiger partial charge on any atom is -0.481 e. The molecule has 0 radical (unpaired) electrons. The summed E-state index contributed by atoms with van der Waals surface area (Å²) >= 11 is 0. The minimum atomic E-state index is -0.755. The van der Waals surface area contributed by atoms with Gasteiger partial charge in [-0.25, -0.2) is 0 Å².